The average molecular weight is 378 g/mol. The van der Waals surface area contributed by atoms with Crippen LogP contribution in [0, 0.1) is 0 Å². The molecule has 0 aliphatic rings. The zero-order valence-electron chi connectivity index (χ0n) is 15.0. The number of benzene rings is 2. The first kappa shape index (κ1) is 17.4. The zero-order valence-corrected chi connectivity index (χ0v) is 15.8. The van der Waals surface area contributed by atoms with E-state index in [1.807, 2.05) is 59.4 Å². The highest BCUT2D eigenvalue weighted by atomic mass is 32.2. The number of fused-ring (bicyclic) bond motifs is 1. The Bertz CT molecular complexity index is 1070. The number of thioether (sulfide) groups is 1. The normalized spacial score (nSPS) is 10.9. The van der Waals surface area contributed by atoms with Gasteiger partial charge < -0.3 is 9.47 Å². The van der Waals surface area contributed by atoms with Gasteiger partial charge in [0, 0.05) is 11.3 Å². The fourth-order valence-corrected chi connectivity index (χ4v) is 3.78. The Hall–Kier alpha value is -3.06. The molecule has 0 radical (unpaired) electrons. The largest absolute Gasteiger partial charge is 0.497 e. The summed E-state index contributed by atoms with van der Waals surface area (Å²) in [5, 5.41) is 6.30. The molecule has 0 bridgehead atoms. The van der Waals surface area contributed by atoms with Crippen LogP contribution in [0.4, 0.5) is 0 Å². The molecule has 0 saturated carbocycles. The van der Waals surface area contributed by atoms with Crippen LogP contribution in [-0.2, 0) is 5.75 Å². The fraction of sp³-hybridized carbons (Fsp3) is 0.150. The summed E-state index contributed by atoms with van der Waals surface area (Å²) in [5.74, 6) is 2.33. The molecular formula is C20H18N4O2S. The number of aromatic nitrogens is 4. The Kier molecular flexibility index (Phi) is 4.93. The van der Waals surface area contributed by atoms with Gasteiger partial charge in [-0.2, -0.15) is 5.10 Å². The number of ether oxygens (including phenoxy) is 2. The van der Waals surface area contributed by atoms with Crippen LogP contribution in [0.25, 0.3) is 16.7 Å². The van der Waals surface area contributed by atoms with Crippen LogP contribution in [0.1, 0.15) is 5.56 Å². The number of hydrogen-bond donors (Lipinski definition) is 0. The van der Waals surface area contributed by atoms with E-state index in [1.54, 1.807) is 32.3 Å². The standard InChI is InChI=1S/C20H18N4O2S/c1-25-16-8-9-18(26-2)14(10-16)12-27-20-17-11-23-24(19(17)21-13-22-20)15-6-4-3-5-7-15/h3-11,13H,12H2,1-2H3. The van der Waals surface area contributed by atoms with Gasteiger partial charge in [0.2, 0.25) is 0 Å². The van der Waals surface area contributed by atoms with Gasteiger partial charge in [0.05, 0.1) is 31.5 Å². The van der Waals surface area contributed by atoms with Gasteiger partial charge in [-0.05, 0) is 30.3 Å². The van der Waals surface area contributed by atoms with Crippen molar-refractivity contribution < 1.29 is 9.47 Å². The number of nitrogens with zero attached hydrogens (tertiary/aromatic N) is 4. The first-order chi connectivity index (χ1) is 13.3. The van der Waals surface area contributed by atoms with E-state index in [0.717, 1.165) is 38.8 Å². The van der Waals surface area contributed by atoms with Crippen molar-refractivity contribution in [1.29, 1.82) is 0 Å². The van der Waals surface area contributed by atoms with Gasteiger partial charge in [-0.1, -0.05) is 18.2 Å². The third-order valence-electron chi connectivity index (χ3n) is 4.18. The van der Waals surface area contributed by atoms with Crippen LogP contribution in [0.3, 0.4) is 0 Å². The number of para-hydroxylation sites is 1. The maximum absolute atomic E-state index is 5.46. The summed E-state index contributed by atoms with van der Waals surface area (Å²) in [4.78, 5) is 8.88. The molecule has 4 rings (SSSR count). The van der Waals surface area contributed by atoms with Crippen LogP contribution < -0.4 is 9.47 Å². The van der Waals surface area contributed by atoms with Crippen molar-refractivity contribution in [3.05, 3.63) is 66.6 Å². The molecule has 4 aromatic rings. The quantitative estimate of drug-likeness (QED) is 0.371. The summed E-state index contributed by atoms with van der Waals surface area (Å²) in [5.41, 5.74) is 2.80. The molecule has 0 atom stereocenters. The summed E-state index contributed by atoms with van der Waals surface area (Å²) in [7, 11) is 3.33. The van der Waals surface area contributed by atoms with Gasteiger partial charge in [0.25, 0.3) is 0 Å². The van der Waals surface area contributed by atoms with Crippen LogP contribution in [-0.4, -0.2) is 34.0 Å². The minimum atomic E-state index is 0.697. The lowest BCUT2D eigenvalue weighted by atomic mass is 10.2. The summed E-state index contributed by atoms with van der Waals surface area (Å²) < 4.78 is 12.6. The smallest absolute Gasteiger partial charge is 0.167 e. The minimum Gasteiger partial charge on any atom is -0.497 e. The molecule has 0 amide bonds. The first-order valence-electron chi connectivity index (χ1n) is 8.38. The topological polar surface area (TPSA) is 62.1 Å². The molecule has 6 nitrogen and oxygen atoms in total. The van der Waals surface area contributed by atoms with E-state index in [2.05, 4.69) is 15.1 Å². The maximum Gasteiger partial charge on any atom is 0.167 e. The first-order valence-corrected chi connectivity index (χ1v) is 9.36. The van der Waals surface area contributed by atoms with Crippen molar-refractivity contribution in [2.24, 2.45) is 0 Å². The van der Waals surface area contributed by atoms with Gasteiger partial charge in [0.1, 0.15) is 22.9 Å². The monoisotopic (exact) mass is 378 g/mol. The molecule has 2 aromatic heterocycles. The Morgan fingerprint density at radius 3 is 2.63 bits per heavy atom. The van der Waals surface area contributed by atoms with Crippen molar-refractivity contribution >= 4 is 22.8 Å². The number of hydrogen-bond acceptors (Lipinski definition) is 6. The second-order valence-electron chi connectivity index (χ2n) is 5.77. The minimum absolute atomic E-state index is 0.697. The van der Waals surface area contributed by atoms with Gasteiger partial charge in [-0.15, -0.1) is 11.8 Å². The van der Waals surface area contributed by atoms with Crippen LogP contribution in [0.15, 0.2) is 66.1 Å². The van der Waals surface area contributed by atoms with Gasteiger partial charge in [-0.25, -0.2) is 14.6 Å². The predicted molar refractivity (Wildman–Crippen MR) is 106 cm³/mol. The van der Waals surface area contributed by atoms with Gasteiger partial charge >= 0.3 is 0 Å². The Morgan fingerprint density at radius 1 is 1.00 bits per heavy atom. The molecule has 136 valence electrons. The lowest BCUT2D eigenvalue weighted by molar-refractivity contribution is 0.400. The van der Waals surface area contributed by atoms with Crippen molar-refractivity contribution in [2.75, 3.05) is 14.2 Å². The van der Waals surface area contributed by atoms with E-state index in [9.17, 15) is 0 Å². The highest BCUT2D eigenvalue weighted by molar-refractivity contribution is 7.98. The molecule has 27 heavy (non-hydrogen) atoms. The SMILES string of the molecule is COc1ccc(OC)c(CSc2ncnc3c2cnn3-c2ccccc2)c1. The molecule has 0 spiro atoms. The molecule has 0 aliphatic carbocycles. The highest BCUT2D eigenvalue weighted by Crippen LogP contribution is 2.32. The van der Waals surface area contributed by atoms with Crippen molar-refractivity contribution in [3.8, 4) is 17.2 Å². The number of methoxy groups -OCH3 is 2. The highest BCUT2D eigenvalue weighted by Gasteiger charge is 2.13. The molecule has 0 fully saturated rings. The Balaban J connectivity index is 1.65. The summed E-state index contributed by atoms with van der Waals surface area (Å²) in [6, 6.07) is 15.7. The molecule has 0 N–H and O–H groups in total. The van der Waals surface area contributed by atoms with Crippen LogP contribution in [0.5, 0.6) is 11.5 Å². The van der Waals surface area contributed by atoms with E-state index in [0.29, 0.717) is 5.75 Å². The van der Waals surface area contributed by atoms with Crippen LogP contribution in [0.2, 0.25) is 0 Å². The van der Waals surface area contributed by atoms with E-state index in [4.69, 9.17) is 9.47 Å². The van der Waals surface area contributed by atoms with E-state index in [-0.39, 0.29) is 0 Å². The average Bonchev–Trinajstić information content (AvgIpc) is 3.17. The Labute approximate surface area is 161 Å². The van der Waals surface area contributed by atoms with Crippen molar-refractivity contribution in [2.45, 2.75) is 10.8 Å². The second-order valence-corrected chi connectivity index (χ2v) is 6.74. The zero-order chi connectivity index (χ0) is 18.6. The molecular weight excluding hydrogens is 360 g/mol. The van der Waals surface area contributed by atoms with Gasteiger partial charge in [0.15, 0.2) is 5.65 Å². The van der Waals surface area contributed by atoms with Crippen molar-refractivity contribution in [1.82, 2.24) is 19.7 Å². The van der Waals surface area contributed by atoms with E-state index in [1.165, 1.54) is 0 Å². The van der Waals surface area contributed by atoms with E-state index < -0.39 is 0 Å². The predicted octanol–water partition coefficient (Wildman–Crippen LogP) is 4.13. The number of rotatable bonds is 6. The van der Waals surface area contributed by atoms with Crippen LogP contribution >= 0.6 is 11.8 Å². The molecule has 0 saturated heterocycles. The lowest BCUT2D eigenvalue weighted by Crippen LogP contribution is -1.97. The lowest BCUT2D eigenvalue weighted by Gasteiger charge is -2.10. The van der Waals surface area contributed by atoms with Gasteiger partial charge in [-0.3, -0.25) is 0 Å². The molecule has 2 aromatic carbocycles. The Morgan fingerprint density at radius 2 is 1.85 bits per heavy atom. The molecule has 0 unspecified atom stereocenters. The summed E-state index contributed by atoms with van der Waals surface area (Å²) in [6.45, 7) is 0. The van der Waals surface area contributed by atoms with E-state index >= 15 is 0 Å². The third-order valence-corrected chi connectivity index (χ3v) is 5.24. The fourth-order valence-electron chi connectivity index (χ4n) is 2.84. The second kappa shape index (κ2) is 7.67. The molecule has 0 aliphatic heterocycles. The molecule has 2 heterocycles. The summed E-state index contributed by atoms with van der Waals surface area (Å²) >= 11 is 1.62. The third kappa shape index (κ3) is 3.46. The summed E-state index contributed by atoms with van der Waals surface area (Å²) in [6.07, 6.45) is 3.39. The molecule has 7 heteroatoms. The van der Waals surface area contributed by atoms with Crippen molar-refractivity contribution in [3.63, 3.8) is 0 Å². The maximum atomic E-state index is 5.46.